The molecule has 1 aromatic heterocycles. The number of rotatable bonds is 10. The Bertz CT molecular complexity index is 1470. The number of hydrogen-bond acceptors (Lipinski definition) is 6. The van der Waals surface area contributed by atoms with Crippen LogP contribution in [0.1, 0.15) is 49.8 Å². The summed E-state index contributed by atoms with van der Waals surface area (Å²) < 4.78 is 51.6. The number of fused-ring (bicyclic) bond motifs is 1. The number of nitrogens with one attached hydrogen (secondary N) is 1. The maximum atomic E-state index is 13.5. The molecule has 2 aromatic carbocycles. The van der Waals surface area contributed by atoms with Crippen molar-refractivity contribution in [2.75, 3.05) is 32.1 Å². The number of aryl methyl sites for hydroxylation is 1. The molecule has 1 aliphatic heterocycles. The number of imide groups is 1. The van der Waals surface area contributed by atoms with Crippen molar-refractivity contribution in [3.8, 4) is 5.75 Å². The van der Waals surface area contributed by atoms with Gasteiger partial charge in [-0.1, -0.05) is 25.5 Å². The van der Waals surface area contributed by atoms with Gasteiger partial charge >= 0.3 is 17.8 Å². The molecule has 0 saturated carbocycles. The van der Waals surface area contributed by atoms with E-state index in [1.807, 2.05) is 50.2 Å². The second-order valence-electron chi connectivity index (χ2n) is 10.2. The van der Waals surface area contributed by atoms with Crippen molar-refractivity contribution >= 4 is 28.6 Å². The van der Waals surface area contributed by atoms with Crippen LogP contribution < -0.4 is 20.6 Å². The van der Waals surface area contributed by atoms with Gasteiger partial charge in [0.05, 0.1) is 12.2 Å². The maximum absolute atomic E-state index is 13.5. The van der Waals surface area contributed by atoms with Gasteiger partial charge < -0.3 is 19.4 Å². The summed E-state index contributed by atoms with van der Waals surface area (Å²) in [5, 5.41) is 2.60. The number of carbonyl (C=O) groups is 2. The van der Waals surface area contributed by atoms with Crippen molar-refractivity contribution < 1.29 is 31.9 Å². The quantitative estimate of drug-likeness (QED) is 0.202. The van der Waals surface area contributed by atoms with Crippen molar-refractivity contribution in [1.29, 1.82) is 0 Å². The van der Waals surface area contributed by atoms with Gasteiger partial charge in [0.25, 0.3) is 5.91 Å². The summed E-state index contributed by atoms with van der Waals surface area (Å²) in [6, 6.07) is 10.1. The SMILES string of the molecule is CCCc1c(OCCCCN2C(=O)NC(C)(c3ccc(N(C)C)cc3)C2=O)ccc2c(C(F)(F)F)cc(=O)oc12. The van der Waals surface area contributed by atoms with Gasteiger partial charge in [0.15, 0.2) is 0 Å². The molecule has 1 unspecified atom stereocenters. The summed E-state index contributed by atoms with van der Waals surface area (Å²) in [5.41, 5.74) is -1.37. The molecule has 214 valence electrons. The molecule has 3 aromatic rings. The van der Waals surface area contributed by atoms with E-state index in [2.05, 4.69) is 5.32 Å². The molecule has 0 spiro atoms. The number of ether oxygens (including phenoxy) is 1. The van der Waals surface area contributed by atoms with Gasteiger partial charge in [-0.15, -0.1) is 0 Å². The molecule has 1 N–H and O–H groups in total. The van der Waals surface area contributed by atoms with Gasteiger partial charge in [0.2, 0.25) is 0 Å². The molecule has 11 heteroatoms. The summed E-state index contributed by atoms with van der Waals surface area (Å²) >= 11 is 0. The maximum Gasteiger partial charge on any atom is 0.417 e. The fourth-order valence-electron chi connectivity index (χ4n) is 4.86. The van der Waals surface area contributed by atoms with E-state index in [4.69, 9.17) is 9.15 Å². The van der Waals surface area contributed by atoms with Gasteiger partial charge in [-0.3, -0.25) is 9.69 Å². The van der Waals surface area contributed by atoms with E-state index in [1.165, 1.54) is 17.0 Å². The van der Waals surface area contributed by atoms with E-state index in [9.17, 15) is 27.6 Å². The summed E-state index contributed by atoms with van der Waals surface area (Å²) in [7, 11) is 3.83. The smallest absolute Gasteiger partial charge is 0.417 e. The van der Waals surface area contributed by atoms with E-state index in [1.54, 1.807) is 6.92 Å². The molecule has 1 fully saturated rings. The summed E-state index contributed by atoms with van der Waals surface area (Å²) in [4.78, 5) is 40.9. The highest BCUT2D eigenvalue weighted by atomic mass is 19.4. The second-order valence-corrected chi connectivity index (χ2v) is 10.2. The molecule has 3 amide bonds. The Hall–Kier alpha value is -4.02. The Labute approximate surface area is 229 Å². The molecule has 8 nitrogen and oxygen atoms in total. The van der Waals surface area contributed by atoms with Crippen molar-refractivity contribution in [2.45, 2.75) is 51.2 Å². The first-order valence-corrected chi connectivity index (χ1v) is 13.1. The van der Waals surface area contributed by atoms with Gasteiger partial charge in [-0.2, -0.15) is 13.2 Å². The van der Waals surface area contributed by atoms with Crippen LogP contribution in [0.4, 0.5) is 23.7 Å². The predicted molar refractivity (Wildman–Crippen MR) is 145 cm³/mol. The number of nitrogens with zero attached hydrogens (tertiary/aromatic N) is 2. The lowest BCUT2D eigenvalue weighted by Gasteiger charge is -2.23. The molecule has 0 bridgehead atoms. The summed E-state index contributed by atoms with van der Waals surface area (Å²) in [6.45, 7) is 3.91. The molecule has 1 atom stereocenters. The Morgan fingerprint density at radius 3 is 2.38 bits per heavy atom. The van der Waals surface area contributed by atoms with E-state index < -0.39 is 28.9 Å². The van der Waals surface area contributed by atoms with Crippen LogP contribution in [-0.2, 0) is 22.9 Å². The third-order valence-corrected chi connectivity index (χ3v) is 7.05. The Morgan fingerprint density at radius 2 is 1.75 bits per heavy atom. The largest absolute Gasteiger partial charge is 0.493 e. The number of unbranched alkanes of at least 4 members (excludes halogenated alkanes) is 1. The van der Waals surface area contributed by atoms with Crippen LogP contribution in [0.15, 0.2) is 51.7 Å². The van der Waals surface area contributed by atoms with E-state index in [0.717, 1.165) is 5.69 Å². The van der Waals surface area contributed by atoms with Crippen LogP contribution in [0, 0.1) is 0 Å². The Morgan fingerprint density at radius 1 is 1.05 bits per heavy atom. The summed E-state index contributed by atoms with van der Waals surface area (Å²) in [6.07, 6.45) is -2.82. The Kier molecular flexibility index (Phi) is 8.13. The first-order chi connectivity index (χ1) is 18.9. The first kappa shape index (κ1) is 29.0. The third kappa shape index (κ3) is 5.64. The standard InChI is InChI=1S/C29H32F3N3O5/c1-5-8-21-23(14-13-20-22(29(30,31)32)17-24(36)40-25(20)21)39-16-7-6-15-35-26(37)28(2,33-27(35)38)18-9-11-19(12-10-18)34(3)4/h9-14,17H,5-8,15-16H2,1-4H3,(H,33,38). The molecule has 40 heavy (non-hydrogen) atoms. The average Bonchev–Trinajstić information content (AvgIpc) is 3.12. The minimum absolute atomic E-state index is 0.128. The monoisotopic (exact) mass is 559 g/mol. The van der Waals surface area contributed by atoms with Crippen LogP contribution in [0.2, 0.25) is 0 Å². The normalized spacial score (nSPS) is 17.4. The average molecular weight is 560 g/mol. The number of alkyl halides is 3. The van der Waals surface area contributed by atoms with Crippen LogP contribution in [-0.4, -0.2) is 44.1 Å². The van der Waals surface area contributed by atoms with Crippen LogP contribution in [0.25, 0.3) is 11.0 Å². The van der Waals surface area contributed by atoms with Gasteiger partial charge in [0.1, 0.15) is 16.9 Å². The number of benzene rings is 2. The van der Waals surface area contributed by atoms with Crippen LogP contribution >= 0.6 is 0 Å². The topological polar surface area (TPSA) is 92.1 Å². The van der Waals surface area contributed by atoms with E-state index >= 15 is 0 Å². The van der Waals surface area contributed by atoms with Crippen molar-refractivity contribution in [1.82, 2.24) is 10.2 Å². The lowest BCUT2D eigenvalue weighted by molar-refractivity contribution is -0.136. The van der Waals surface area contributed by atoms with Gasteiger partial charge in [-0.05, 0) is 56.0 Å². The second kappa shape index (κ2) is 11.2. The molecule has 0 radical (unpaired) electrons. The third-order valence-electron chi connectivity index (χ3n) is 7.05. The number of carbonyl (C=O) groups excluding carboxylic acids is 2. The number of halogens is 3. The molecule has 2 heterocycles. The zero-order chi connectivity index (χ0) is 29.2. The minimum Gasteiger partial charge on any atom is -0.493 e. The highest BCUT2D eigenvalue weighted by molar-refractivity contribution is 6.07. The minimum atomic E-state index is -4.70. The fourth-order valence-corrected chi connectivity index (χ4v) is 4.86. The predicted octanol–water partition coefficient (Wildman–Crippen LogP) is 5.46. The van der Waals surface area contributed by atoms with Gasteiger partial charge in [0, 0.05) is 43.3 Å². The molecule has 4 rings (SSSR count). The number of anilines is 1. The summed E-state index contributed by atoms with van der Waals surface area (Å²) in [5.74, 6) is -0.00755. The zero-order valence-corrected chi connectivity index (χ0v) is 22.9. The van der Waals surface area contributed by atoms with Crippen LogP contribution in [0.3, 0.4) is 0 Å². The molecular weight excluding hydrogens is 527 g/mol. The number of urea groups is 1. The van der Waals surface area contributed by atoms with Crippen molar-refractivity contribution in [3.63, 3.8) is 0 Å². The molecule has 1 saturated heterocycles. The zero-order valence-electron chi connectivity index (χ0n) is 22.9. The lowest BCUT2D eigenvalue weighted by Crippen LogP contribution is -2.41. The van der Waals surface area contributed by atoms with Gasteiger partial charge in [-0.25, -0.2) is 9.59 Å². The molecular formula is C29H32F3N3O5. The fraction of sp³-hybridized carbons (Fsp3) is 0.414. The highest BCUT2D eigenvalue weighted by Gasteiger charge is 2.48. The van der Waals surface area contributed by atoms with Crippen molar-refractivity contribution in [2.24, 2.45) is 0 Å². The Balaban J connectivity index is 1.41. The lowest BCUT2D eigenvalue weighted by atomic mass is 9.92. The first-order valence-electron chi connectivity index (χ1n) is 13.1. The number of hydrogen-bond donors (Lipinski definition) is 1. The number of amides is 3. The molecule has 0 aliphatic carbocycles. The van der Waals surface area contributed by atoms with Crippen molar-refractivity contribution in [3.05, 3.63) is 69.6 Å². The van der Waals surface area contributed by atoms with E-state index in [-0.39, 0.29) is 30.0 Å². The molecule has 1 aliphatic rings. The van der Waals surface area contributed by atoms with E-state index in [0.29, 0.717) is 48.6 Å². The van der Waals surface area contributed by atoms with Crippen LogP contribution in [0.5, 0.6) is 5.75 Å². The highest BCUT2D eigenvalue weighted by Crippen LogP contribution is 2.37.